The van der Waals surface area contributed by atoms with E-state index in [0.29, 0.717) is 12.3 Å². The molecule has 0 aromatic heterocycles. The monoisotopic (exact) mass is 256 g/mol. The van der Waals surface area contributed by atoms with Gasteiger partial charge in [0.05, 0.1) is 0 Å². The summed E-state index contributed by atoms with van der Waals surface area (Å²) in [5.41, 5.74) is 8.23. The van der Waals surface area contributed by atoms with Crippen LogP contribution in [0.1, 0.15) is 12.5 Å². The van der Waals surface area contributed by atoms with Crippen LogP contribution < -0.4 is 15.6 Å². The second kappa shape index (κ2) is 6.56. The Labute approximate surface area is 112 Å². The molecule has 19 heavy (non-hydrogen) atoms. The molecule has 0 heterocycles. The molecule has 2 N–H and O–H groups in total. The summed E-state index contributed by atoms with van der Waals surface area (Å²) in [6, 6.07) is 17.3. The molecule has 0 aliphatic heterocycles. The van der Waals surface area contributed by atoms with Crippen LogP contribution in [0, 0.1) is 0 Å². The first-order valence-corrected chi connectivity index (χ1v) is 6.05. The standard InChI is InChI=1S/C15H16N2O2/c1-12(18)19-15-9-5-6-13(10-15)11-16-17-14-7-3-2-4-8-14/h2-10,16-17H,11H2,1H3. The number of benzene rings is 2. The van der Waals surface area contributed by atoms with Gasteiger partial charge in [-0.05, 0) is 29.8 Å². The topological polar surface area (TPSA) is 50.4 Å². The third-order valence-corrected chi connectivity index (χ3v) is 2.46. The third kappa shape index (κ3) is 4.44. The second-order valence-electron chi connectivity index (χ2n) is 4.09. The van der Waals surface area contributed by atoms with Crippen LogP contribution in [0.25, 0.3) is 0 Å². The molecule has 0 atom stereocenters. The van der Waals surface area contributed by atoms with Crippen LogP contribution in [0.15, 0.2) is 54.6 Å². The van der Waals surface area contributed by atoms with Gasteiger partial charge in [-0.15, -0.1) is 0 Å². The Bertz CT molecular complexity index is 541. The molecule has 0 unspecified atom stereocenters. The molecule has 2 aromatic rings. The SMILES string of the molecule is CC(=O)Oc1cccc(CNNc2ccccc2)c1. The maximum Gasteiger partial charge on any atom is 0.308 e. The summed E-state index contributed by atoms with van der Waals surface area (Å²) in [6.07, 6.45) is 0. The van der Waals surface area contributed by atoms with Crippen molar-refractivity contribution in [1.29, 1.82) is 0 Å². The first-order valence-electron chi connectivity index (χ1n) is 6.05. The quantitative estimate of drug-likeness (QED) is 0.490. The van der Waals surface area contributed by atoms with Crippen molar-refractivity contribution in [1.82, 2.24) is 5.43 Å². The lowest BCUT2D eigenvalue weighted by atomic mass is 10.2. The molecule has 0 aliphatic carbocycles. The Morgan fingerprint density at radius 3 is 2.63 bits per heavy atom. The van der Waals surface area contributed by atoms with Gasteiger partial charge in [0.2, 0.25) is 0 Å². The van der Waals surface area contributed by atoms with E-state index in [9.17, 15) is 4.79 Å². The fourth-order valence-electron chi connectivity index (χ4n) is 1.65. The molecule has 0 radical (unpaired) electrons. The van der Waals surface area contributed by atoms with Crippen molar-refractivity contribution in [3.63, 3.8) is 0 Å². The highest BCUT2D eigenvalue weighted by Gasteiger charge is 1.99. The second-order valence-corrected chi connectivity index (χ2v) is 4.09. The van der Waals surface area contributed by atoms with Crippen LogP contribution in [-0.2, 0) is 11.3 Å². The first-order chi connectivity index (χ1) is 9.24. The predicted molar refractivity (Wildman–Crippen MR) is 74.7 cm³/mol. The number of carbonyl (C=O) groups is 1. The van der Waals surface area contributed by atoms with Crippen LogP contribution in [0.2, 0.25) is 0 Å². The van der Waals surface area contributed by atoms with Crippen LogP contribution in [0.5, 0.6) is 5.75 Å². The van der Waals surface area contributed by atoms with Crippen LogP contribution in [0.3, 0.4) is 0 Å². The van der Waals surface area contributed by atoms with E-state index in [0.717, 1.165) is 11.3 Å². The number of carbonyl (C=O) groups excluding carboxylic acids is 1. The highest BCUT2D eigenvalue weighted by Crippen LogP contribution is 2.13. The molecule has 98 valence electrons. The zero-order valence-corrected chi connectivity index (χ0v) is 10.7. The van der Waals surface area contributed by atoms with Gasteiger partial charge >= 0.3 is 5.97 Å². The molecule has 2 rings (SSSR count). The minimum atomic E-state index is -0.312. The minimum absolute atomic E-state index is 0.312. The summed E-state index contributed by atoms with van der Waals surface area (Å²) in [6.45, 7) is 2.02. The van der Waals surface area contributed by atoms with Crippen molar-refractivity contribution in [2.75, 3.05) is 5.43 Å². The van der Waals surface area contributed by atoms with Gasteiger partial charge in [-0.3, -0.25) is 4.79 Å². The van der Waals surface area contributed by atoms with E-state index < -0.39 is 0 Å². The molecule has 0 spiro atoms. The average Bonchev–Trinajstić information content (AvgIpc) is 2.40. The fraction of sp³-hybridized carbons (Fsp3) is 0.133. The van der Waals surface area contributed by atoms with Gasteiger partial charge in [0.1, 0.15) is 5.75 Å². The van der Waals surface area contributed by atoms with E-state index in [1.54, 1.807) is 6.07 Å². The molecule has 2 aromatic carbocycles. The first kappa shape index (κ1) is 13.1. The van der Waals surface area contributed by atoms with Crippen molar-refractivity contribution >= 4 is 11.7 Å². The number of hydrazine groups is 1. The number of esters is 1. The smallest absolute Gasteiger partial charge is 0.308 e. The molecule has 0 fully saturated rings. The Morgan fingerprint density at radius 2 is 1.89 bits per heavy atom. The molecule has 0 amide bonds. The lowest BCUT2D eigenvalue weighted by molar-refractivity contribution is -0.131. The Kier molecular flexibility index (Phi) is 4.53. The van der Waals surface area contributed by atoms with Crippen LogP contribution in [0.4, 0.5) is 5.69 Å². The summed E-state index contributed by atoms with van der Waals surface area (Å²) in [4.78, 5) is 10.9. The summed E-state index contributed by atoms with van der Waals surface area (Å²) < 4.78 is 5.03. The molecule has 0 saturated carbocycles. The molecular formula is C15H16N2O2. The minimum Gasteiger partial charge on any atom is -0.427 e. The fourth-order valence-corrected chi connectivity index (χ4v) is 1.65. The van der Waals surface area contributed by atoms with E-state index >= 15 is 0 Å². The van der Waals surface area contributed by atoms with Crippen LogP contribution in [-0.4, -0.2) is 5.97 Å². The number of hydrogen-bond acceptors (Lipinski definition) is 4. The third-order valence-electron chi connectivity index (χ3n) is 2.46. The molecule has 0 bridgehead atoms. The zero-order valence-electron chi connectivity index (χ0n) is 10.7. The molecular weight excluding hydrogens is 240 g/mol. The van der Waals surface area contributed by atoms with E-state index in [-0.39, 0.29) is 5.97 Å². The lowest BCUT2D eigenvalue weighted by Gasteiger charge is -2.09. The molecule has 4 heteroatoms. The van der Waals surface area contributed by atoms with Gasteiger partial charge in [-0.25, -0.2) is 5.43 Å². The van der Waals surface area contributed by atoms with Gasteiger partial charge in [-0.2, -0.15) is 0 Å². The highest BCUT2D eigenvalue weighted by atomic mass is 16.5. The van der Waals surface area contributed by atoms with Crippen molar-refractivity contribution in [2.24, 2.45) is 0 Å². The van der Waals surface area contributed by atoms with Gasteiger partial charge in [0.25, 0.3) is 0 Å². The van der Waals surface area contributed by atoms with E-state index in [1.165, 1.54) is 6.92 Å². The van der Waals surface area contributed by atoms with Gasteiger partial charge < -0.3 is 10.2 Å². The van der Waals surface area contributed by atoms with Crippen molar-refractivity contribution in [3.05, 3.63) is 60.2 Å². The zero-order chi connectivity index (χ0) is 13.5. The summed E-state index contributed by atoms with van der Waals surface area (Å²) >= 11 is 0. The number of hydrogen-bond donors (Lipinski definition) is 2. The number of anilines is 1. The normalized spacial score (nSPS) is 9.95. The van der Waals surface area contributed by atoms with E-state index in [2.05, 4.69) is 10.9 Å². The van der Waals surface area contributed by atoms with E-state index in [4.69, 9.17) is 4.74 Å². The van der Waals surface area contributed by atoms with E-state index in [1.807, 2.05) is 48.5 Å². The summed E-state index contributed by atoms with van der Waals surface area (Å²) in [5.74, 6) is 0.249. The Hall–Kier alpha value is -2.33. The van der Waals surface area contributed by atoms with Gasteiger partial charge in [0, 0.05) is 19.2 Å². The van der Waals surface area contributed by atoms with Gasteiger partial charge in [0.15, 0.2) is 0 Å². The number of ether oxygens (including phenoxy) is 1. The number of rotatable bonds is 5. The maximum atomic E-state index is 10.9. The molecule has 0 saturated heterocycles. The lowest BCUT2D eigenvalue weighted by Crippen LogP contribution is -2.20. The number of para-hydroxylation sites is 1. The summed E-state index contributed by atoms with van der Waals surface area (Å²) in [5, 5.41) is 0. The molecule has 0 aliphatic rings. The van der Waals surface area contributed by atoms with Crippen molar-refractivity contribution in [3.8, 4) is 5.75 Å². The van der Waals surface area contributed by atoms with Crippen molar-refractivity contribution < 1.29 is 9.53 Å². The summed E-state index contributed by atoms with van der Waals surface area (Å²) in [7, 11) is 0. The highest BCUT2D eigenvalue weighted by molar-refractivity contribution is 5.69. The molecule has 4 nitrogen and oxygen atoms in total. The Balaban J connectivity index is 1.87. The Morgan fingerprint density at radius 1 is 1.11 bits per heavy atom. The van der Waals surface area contributed by atoms with Crippen molar-refractivity contribution in [2.45, 2.75) is 13.5 Å². The van der Waals surface area contributed by atoms with Gasteiger partial charge in [-0.1, -0.05) is 30.3 Å². The van der Waals surface area contributed by atoms with Crippen LogP contribution >= 0.6 is 0 Å². The number of nitrogens with one attached hydrogen (secondary N) is 2. The maximum absolute atomic E-state index is 10.9. The average molecular weight is 256 g/mol. The largest absolute Gasteiger partial charge is 0.427 e. The predicted octanol–water partition coefficient (Wildman–Crippen LogP) is 2.73.